The molecule has 7 heteroatoms. The van der Waals surface area contributed by atoms with Crippen molar-refractivity contribution in [1.29, 1.82) is 0 Å². The van der Waals surface area contributed by atoms with E-state index in [1.54, 1.807) is 0 Å². The molecule has 25 heavy (non-hydrogen) atoms. The third-order valence-electron chi connectivity index (χ3n) is 4.67. The normalized spacial score (nSPS) is 18.4. The quantitative estimate of drug-likeness (QED) is 0.444. The van der Waals surface area contributed by atoms with Crippen LogP contribution in [0, 0.1) is 19.8 Å². The fourth-order valence-electron chi connectivity index (χ4n) is 3.43. The van der Waals surface area contributed by atoms with Crippen molar-refractivity contribution in [1.82, 2.24) is 15.4 Å². The number of carbonyl (C=O) groups excluding carboxylic acids is 1. The van der Waals surface area contributed by atoms with Gasteiger partial charge in [-0.05, 0) is 52.4 Å². The van der Waals surface area contributed by atoms with Gasteiger partial charge in [-0.3, -0.25) is 9.79 Å². The second-order valence-corrected chi connectivity index (χ2v) is 6.77. The van der Waals surface area contributed by atoms with Crippen LogP contribution in [-0.2, 0) is 11.2 Å². The van der Waals surface area contributed by atoms with Gasteiger partial charge in [0.2, 0.25) is 5.91 Å². The molecule has 1 saturated heterocycles. The van der Waals surface area contributed by atoms with Crippen molar-refractivity contribution in [2.75, 3.05) is 26.2 Å². The minimum Gasteiger partial charge on any atom is -0.370 e. The smallest absolute Gasteiger partial charge is 0.217 e. The molecule has 1 atom stereocenters. The van der Waals surface area contributed by atoms with Gasteiger partial charge in [0, 0.05) is 38.2 Å². The zero-order valence-electron chi connectivity index (χ0n) is 15.7. The molecule has 1 fully saturated rings. The van der Waals surface area contributed by atoms with Crippen LogP contribution < -0.4 is 11.1 Å². The maximum atomic E-state index is 11.2. The number of carbonyl (C=O) groups is 1. The standard InChI is InChI=1S/C18H31N5O2/c1-4-20-18(23-10-6-7-15(12-23)11-17(19)24)21-9-5-8-16-13(2)22-25-14(16)3/h15H,4-12H2,1-3H3,(H2,19,24)(H,20,21). The van der Waals surface area contributed by atoms with E-state index in [1.165, 1.54) is 5.56 Å². The minimum atomic E-state index is -0.215. The summed E-state index contributed by atoms with van der Waals surface area (Å²) in [5.74, 6) is 1.96. The first-order valence-corrected chi connectivity index (χ1v) is 9.24. The van der Waals surface area contributed by atoms with Gasteiger partial charge in [-0.15, -0.1) is 0 Å². The summed E-state index contributed by atoms with van der Waals surface area (Å²) in [6, 6.07) is 0. The highest BCUT2D eigenvalue weighted by Gasteiger charge is 2.23. The molecule has 2 rings (SSSR count). The number of nitrogens with one attached hydrogen (secondary N) is 1. The topological polar surface area (TPSA) is 96.8 Å². The monoisotopic (exact) mass is 349 g/mol. The van der Waals surface area contributed by atoms with Crippen LogP contribution in [0.2, 0.25) is 0 Å². The molecule has 1 aliphatic heterocycles. The van der Waals surface area contributed by atoms with Crippen molar-refractivity contribution in [3.63, 3.8) is 0 Å². The lowest BCUT2D eigenvalue weighted by atomic mass is 9.95. The SMILES string of the molecule is CCNC(=NCCCc1c(C)noc1C)N1CCCC(CC(N)=O)C1. The number of aryl methyl sites for hydroxylation is 2. The average molecular weight is 349 g/mol. The van der Waals surface area contributed by atoms with Crippen LogP contribution in [0.1, 0.15) is 49.6 Å². The number of aliphatic imine (C=N–C) groups is 1. The van der Waals surface area contributed by atoms with E-state index >= 15 is 0 Å². The number of primary amides is 1. The number of guanidine groups is 1. The number of piperidine rings is 1. The Morgan fingerprint density at radius 2 is 2.28 bits per heavy atom. The maximum Gasteiger partial charge on any atom is 0.217 e. The molecule has 140 valence electrons. The van der Waals surface area contributed by atoms with E-state index < -0.39 is 0 Å². The fraction of sp³-hybridized carbons (Fsp3) is 0.722. The van der Waals surface area contributed by atoms with Crippen LogP contribution in [-0.4, -0.2) is 48.1 Å². The van der Waals surface area contributed by atoms with E-state index in [4.69, 9.17) is 15.2 Å². The summed E-state index contributed by atoms with van der Waals surface area (Å²) in [6.45, 7) is 9.41. The Balaban J connectivity index is 1.90. The summed E-state index contributed by atoms with van der Waals surface area (Å²) in [7, 11) is 0. The lowest BCUT2D eigenvalue weighted by Gasteiger charge is -2.34. The third-order valence-corrected chi connectivity index (χ3v) is 4.67. The van der Waals surface area contributed by atoms with Crippen molar-refractivity contribution in [2.45, 2.75) is 52.9 Å². The molecule has 0 spiro atoms. The lowest BCUT2D eigenvalue weighted by Crippen LogP contribution is -2.47. The van der Waals surface area contributed by atoms with Crippen LogP contribution in [0.3, 0.4) is 0 Å². The van der Waals surface area contributed by atoms with Crippen molar-refractivity contribution >= 4 is 11.9 Å². The van der Waals surface area contributed by atoms with Gasteiger partial charge in [0.15, 0.2) is 5.96 Å². The molecule has 0 bridgehead atoms. The molecular formula is C18H31N5O2. The maximum absolute atomic E-state index is 11.2. The largest absolute Gasteiger partial charge is 0.370 e. The van der Waals surface area contributed by atoms with Crippen LogP contribution in [0.15, 0.2) is 9.52 Å². The number of nitrogens with zero attached hydrogens (tertiary/aromatic N) is 3. The summed E-state index contributed by atoms with van der Waals surface area (Å²) in [5.41, 5.74) is 7.52. The van der Waals surface area contributed by atoms with Crippen molar-refractivity contribution in [3.05, 3.63) is 17.0 Å². The molecule has 7 nitrogen and oxygen atoms in total. The van der Waals surface area contributed by atoms with Crippen LogP contribution in [0.5, 0.6) is 0 Å². The zero-order chi connectivity index (χ0) is 18.2. The summed E-state index contributed by atoms with van der Waals surface area (Å²) in [4.78, 5) is 18.2. The first-order valence-electron chi connectivity index (χ1n) is 9.24. The molecule has 0 aromatic carbocycles. The Hall–Kier alpha value is -2.05. The van der Waals surface area contributed by atoms with Crippen molar-refractivity contribution in [3.8, 4) is 0 Å². The minimum absolute atomic E-state index is 0.215. The number of aromatic nitrogens is 1. The lowest BCUT2D eigenvalue weighted by molar-refractivity contribution is -0.119. The van der Waals surface area contributed by atoms with Gasteiger partial charge in [0.05, 0.1) is 5.69 Å². The first-order chi connectivity index (χ1) is 12.0. The van der Waals surface area contributed by atoms with E-state index in [-0.39, 0.29) is 5.91 Å². The number of hydrogen-bond acceptors (Lipinski definition) is 4. The van der Waals surface area contributed by atoms with Gasteiger partial charge in [-0.2, -0.15) is 0 Å². The Bertz CT molecular complexity index is 577. The number of hydrogen-bond donors (Lipinski definition) is 2. The first kappa shape index (κ1) is 19.3. The van der Waals surface area contributed by atoms with Gasteiger partial charge in [0.1, 0.15) is 5.76 Å². The van der Waals surface area contributed by atoms with E-state index in [0.29, 0.717) is 12.3 Å². The van der Waals surface area contributed by atoms with E-state index in [2.05, 4.69) is 22.3 Å². The summed E-state index contributed by atoms with van der Waals surface area (Å²) in [5, 5.41) is 7.37. The predicted octanol–water partition coefficient (Wildman–Crippen LogP) is 1.78. The number of likely N-dealkylation sites (tertiary alicyclic amines) is 1. The van der Waals surface area contributed by atoms with Gasteiger partial charge >= 0.3 is 0 Å². The second-order valence-electron chi connectivity index (χ2n) is 6.77. The van der Waals surface area contributed by atoms with Crippen LogP contribution >= 0.6 is 0 Å². The summed E-state index contributed by atoms with van der Waals surface area (Å²) >= 11 is 0. The van der Waals surface area contributed by atoms with Gasteiger partial charge in [-0.1, -0.05) is 5.16 Å². The molecular weight excluding hydrogens is 318 g/mol. The van der Waals surface area contributed by atoms with Crippen molar-refractivity contribution in [2.24, 2.45) is 16.6 Å². The highest BCUT2D eigenvalue weighted by atomic mass is 16.5. The highest BCUT2D eigenvalue weighted by molar-refractivity contribution is 5.80. The van der Waals surface area contributed by atoms with E-state index in [0.717, 1.165) is 69.3 Å². The molecule has 0 saturated carbocycles. The molecule has 1 aliphatic rings. The zero-order valence-corrected chi connectivity index (χ0v) is 15.7. The van der Waals surface area contributed by atoms with E-state index in [9.17, 15) is 4.79 Å². The fourth-order valence-corrected chi connectivity index (χ4v) is 3.43. The van der Waals surface area contributed by atoms with Gasteiger partial charge in [0.25, 0.3) is 0 Å². The third kappa shape index (κ3) is 5.76. The van der Waals surface area contributed by atoms with Crippen LogP contribution in [0.4, 0.5) is 0 Å². The Morgan fingerprint density at radius 3 is 2.92 bits per heavy atom. The predicted molar refractivity (Wildman–Crippen MR) is 98.4 cm³/mol. The van der Waals surface area contributed by atoms with Gasteiger partial charge < -0.3 is 20.5 Å². The van der Waals surface area contributed by atoms with Gasteiger partial charge in [-0.25, -0.2) is 0 Å². The van der Waals surface area contributed by atoms with E-state index in [1.807, 2.05) is 13.8 Å². The second kappa shape index (κ2) is 9.44. The van der Waals surface area contributed by atoms with Crippen LogP contribution in [0.25, 0.3) is 0 Å². The highest BCUT2D eigenvalue weighted by Crippen LogP contribution is 2.19. The molecule has 1 unspecified atom stereocenters. The molecule has 0 aliphatic carbocycles. The molecule has 3 N–H and O–H groups in total. The summed E-state index contributed by atoms with van der Waals surface area (Å²) < 4.78 is 5.21. The molecule has 1 aromatic heterocycles. The summed E-state index contributed by atoms with van der Waals surface area (Å²) in [6.07, 6.45) is 4.47. The van der Waals surface area contributed by atoms with Crippen molar-refractivity contribution < 1.29 is 9.32 Å². The Labute approximate surface area is 150 Å². The number of rotatable bonds is 7. The molecule has 0 radical (unpaired) electrons. The Kier molecular flexibility index (Phi) is 7.28. The Morgan fingerprint density at radius 1 is 1.48 bits per heavy atom. The molecule has 1 aromatic rings. The molecule has 2 heterocycles. The number of nitrogens with two attached hydrogens (primary N) is 1. The average Bonchev–Trinajstić information content (AvgIpc) is 2.89. The number of amides is 1. The molecule has 1 amide bonds.